The van der Waals surface area contributed by atoms with Gasteiger partial charge in [0.25, 0.3) is 11.9 Å². The largest absolute Gasteiger partial charge is 3.00 e. The van der Waals surface area contributed by atoms with Crippen molar-refractivity contribution in [3.8, 4) is 0 Å². The third-order valence-corrected chi connectivity index (χ3v) is 5.38. The van der Waals surface area contributed by atoms with E-state index in [1.165, 1.54) is 31.5 Å². The zero-order valence-electron chi connectivity index (χ0n) is 18.7. The molecule has 0 N–H and O–H groups in total. The Morgan fingerprint density at radius 1 is 1.00 bits per heavy atom. The molecule has 1 aliphatic rings. The molecule has 0 aromatic heterocycles. The monoisotopic (exact) mass is 535 g/mol. The van der Waals surface area contributed by atoms with E-state index in [0.29, 0.717) is 0 Å². The van der Waals surface area contributed by atoms with Gasteiger partial charge in [0, 0.05) is 0 Å². The van der Waals surface area contributed by atoms with Crippen LogP contribution in [0.3, 0.4) is 0 Å². The first-order valence-corrected chi connectivity index (χ1v) is 12.0. The number of carbonyl (C=O) groups excluding carboxylic acids is 2. The van der Waals surface area contributed by atoms with Gasteiger partial charge in [0.1, 0.15) is 0 Å². The first kappa shape index (κ1) is 32.9. The Morgan fingerprint density at radius 2 is 1.44 bits per heavy atom. The Hall–Kier alpha value is -1.31. The first-order valence-electron chi connectivity index (χ1n) is 8.98. The Bertz CT molecular complexity index is 746. The van der Waals surface area contributed by atoms with Gasteiger partial charge in [0.05, 0.1) is 14.2 Å². The summed E-state index contributed by atoms with van der Waals surface area (Å²) >= 11 is 9.41. The van der Waals surface area contributed by atoms with E-state index in [1.807, 2.05) is 32.1 Å². The van der Waals surface area contributed by atoms with Gasteiger partial charge in [-0.25, -0.2) is 0 Å². The van der Waals surface area contributed by atoms with Crippen LogP contribution in [0, 0.1) is 38.3 Å². The predicted molar refractivity (Wildman–Crippen MR) is 134 cm³/mol. The molecular weight excluding hydrogens is 508 g/mol. The Morgan fingerprint density at radius 3 is 1.75 bits per heavy atom. The van der Waals surface area contributed by atoms with Crippen LogP contribution in [0.25, 0.3) is 0 Å². The zero-order valence-corrected chi connectivity index (χ0v) is 22.2. The van der Waals surface area contributed by atoms with Crippen molar-refractivity contribution < 1.29 is 35.8 Å². The van der Waals surface area contributed by atoms with E-state index < -0.39 is 11.9 Å². The molecule has 1 aromatic carbocycles. The van der Waals surface area contributed by atoms with E-state index in [2.05, 4.69) is 65.9 Å². The molecule has 1 saturated carbocycles. The SMILES string of the molecule is C=C(C(=O)OC)C(=[C-]N(C)C(=S)[S-])C(=O)OC.CP(C)c1ccccc1.[CH]1[CH][CH][CH][CH]1.[Co+3]. The quantitative estimate of drug-likeness (QED) is 0.0838. The van der Waals surface area contributed by atoms with Crippen LogP contribution in [-0.4, -0.2) is 55.8 Å². The smallest absolute Gasteiger partial charge is 0.509 e. The van der Waals surface area contributed by atoms with Crippen LogP contribution in [0.4, 0.5) is 0 Å². The molecule has 2 rings (SSSR count). The Kier molecular flexibility index (Phi) is 19.7. The molecular formula is C23H27CoNO4PS2+. The van der Waals surface area contributed by atoms with E-state index in [-0.39, 0.29) is 40.2 Å². The minimum Gasteiger partial charge on any atom is -0.509 e. The van der Waals surface area contributed by atoms with Crippen LogP contribution in [0.2, 0.25) is 0 Å². The summed E-state index contributed by atoms with van der Waals surface area (Å²) in [6.07, 6.45) is 12.5. The number of ether oxygens (including phenoxy) is 2. The summed E-state index contributed by atoms with van der Waals surface area (Å²) in [5.74, 6) is -1.54. The van der Waals surface area contributed by atoms with Gasteiger partial charge in [-0.05, 0) is 68.9 Å². The molecule has 5 nitrogen and oxygen atoms in total. The molecule has 0 saturated heterocycles. The molecule has 1 aliphatic carbocycles. The molecule has 0 aliphatic heterocycles. The predicted octanol–water partition coefficient (Wildman–Crippen LogP) is 3.41. The van der Waals surface area contributed by atoms with Crippen molar-refractivity contribution in [2.45, 2.75) is 0 Å². The van der Waals surface area contributed by atoms with Crippen molar-refractivity contribution in [1.82, 2.24) is 4.90 Å². The summed E-state index contributed by atoms with van der Waals surface area (Å²) in [6, 6.07) is 10.6. The zero-order chi connectivity index (χ0) is 23.8. The van der Waals surface area contributed by atoms with Crippen LogP contribution in [0.1, 0.15) is 0 Å². The summed E-state index contributed by atoms with van der Waals surface area (Å²) in [6.45, 7) is 7.97. The summed E-state index contributed by atoms with van der Waals surface area (Å²) in [4.78, 5) is 23.9. The third-order valence-electron chi connectivity index (χ3n) is 3.50. The average Bonchev–Trinajstić information content (AvgIpc) is 3.37. The summed E-state index contributed by atoms with van der Waals surface area (Å²) < 4.78 is 9.00. The van der Waals surface area contributed by atoms with E-state index in [9.17, 15) is 9.59 Å². The molecule has 9 heteroatoms. The first-order chi connectivity index (χ1) is 14.6. The Labute approximate surface area is 215 Å². The second-order valence-corrected chi connectivity index (χ2v) is 9.30. The van der Waals surface area contributed by atoms with Gasteiger partial charge in [-0.15, -0.1) is 10.9 Å². The van der Waals surface area contributed by atoms with Crippen LogP contribution < -0.4 is 5.30 Å². The number of hydrogen-bond donors (Lipinski definition) is 0. The number of benzene rings is 1. The molecule has 173 valence electrons. The molecule has 32 heavy (non-hydrogen) atoms. The van der Waals surface area contributed by atoms with E-state index in [0.717, 1.165) is 0 Å². The van der Waals surface area contributed by atoms with Crippen molar-refractivity contribution in [3.05, 3.63) is 86.4 Å². The number of carbonyl (C=O) groups is 2. The maximum atomic E-state index is 11.4. The molecule has 1 aromatic rings. The molecule has 0 unspecified atom stereocenters. The number of nitrogens with zero attached hydrogens (tertiary/aromatic N) is 1. The van der Waals surface area contributed by atoms with Crippen molar-refractivity contribution in [2.24, 2.45) is 0 Å². The van der Waals surface area contributed by atoms with Crippen molar-refractivity contribution >= 4 is 54.3 Å². The molecule has 0 bridgehead atoms. The minimum absolute atomic E-state index is 0. The number of thiocarbonyl (C=S) groups is 1. The van der Waals surface area contributed by atoms with Crippen LogP contribution >= 0.6 is 20.1 Å². The van der Waals surface area contributed by atoms with Gasteiger partial charge in [-0.2, -0.15) is 0 Å². The molecule has 0 amide bonds. The summed E-state index contributed by atoms with van der Waals surface area (Å²) in [5.41, 5.74) is -0.369. The summed E-state index contributed by atoms with van der Waals surface area (Å²) in [7, 11) is 3.93. The van der Waals surface area contributed by atoms with Crippen molar-refractivity contribution in [3.63, 3.8) is 0 Å². The Balaban J connectivity index is 0. The number of methoxy groups -OCH3 is 2. The van der Waals surface area contributed by atoms with Crippen molar-refractivity contribution in [2.75, 3.05) is 34.6 Å². The van der Waals surface area contributed by atoms with Crippen LogP contribution in [0.15, 0.2) is 48.1 Å². The average molecular weight is 536 g/mol. The maximum Gasteiger partial charge on any atom is 3.00 e. The normalized spacial score (nSPS) is 12.1. The number of rotatable bonds is 5. The number of esters is 2. The molecule has 5 radical (unpaired) electrons. The van der Waals surface area contributed by atoms with Gasteiger partial charge < -0.3 is 44.0 Å². The second-order valence-electron chi connectivity index (χ2n) is 5.97. The van der Waals surface area contributed by atoms with E-state index in [1.54, 1.807) is 0 Å². The fourth-order valence-electron chi connectivity index (χ4n) is 1.82. The molecule has 0 spiro atoms. The van der Waals surface area contributed by atoms with Gasteiger partial charge in [-0.1, -0.05) is 44.5 Å². The van der Waals surface area contributed by atoms with Crippen LogP contribution in [-0.2, 0) is 48.5 Å². The minimum atomic E-state index is -0.779. The van der Waals surface area contributed by atoms with E-state index in [4.69, 9.17) is 24.8 Å². The van der Waals surface area contributed by atoms with Gasteiger partial charge >= 0.3 is 16.8 Å². The summed E-state index contributed by atoms with van der Waals surface area (Å²) in [5, 5.41) is 1.48. The molecule has 1 fully saturated rings. The van der Waals surface area contributed by atoms with Crippen LogP contribution in [0.5, 0.6) is 0 Å². The fraction of sp³-hybridized carbons (Fsp3) is 0.217. The van der Waals surface area contributed by atoms with E-state index >= 15 is 0 Å². The topological polar surface area (TPSA) is 55.8 Å². The van der Waals surface area contributed by atoms with Gasteiger partial charge in [0.2, 0.25) is 0 Å². The standard InChI is InChI=1S/C10H12NO4S2.C8H11P.C5H5.Co/c1-6(8(12)14-3)7(9(13)15-4)5-11(2)10(16)17;1-9(2)8-6-4-3-5-7-8;1-2-4-5-3-1;/h1H2,2-4H3,(H,16,17);3-7H,1-2H3;1-5H;/q-1;;;+3/p-1. The fourth-order valence-corrected chi connectivity index (χ4v) is 2.68. The number of hydrogen-bond acceptors (Lipinski definition) is 6. The van der Waals surface area contributed by atoms with Gasteiger partial charge in [-0.3, -0.25) is 4.79 Å². The molecule has 0 atom stereocenters. The third kappa shape index (κ3) is 14.0. The second kappa shape index (κ2) is 19.2. The van der Waals surface area contributed by atoms with Gasteiger partial charge in [0.15, 0.2) is 0 Å². The van der Waals surface area contributed by atoms with Crippen molar-refractivity contribution in [1.29, 1.82) is 0 Å². The maximum absolute atomic E-state index is 11.4. The molecule has 0 heterocycles.